The molecular formula is C16H19FN4O2. The number of benzene rings is 1. The molecule has 1 aromatic carbocycles. The summed E-state index contributed by atoms with van der Waals surface area (Å²) in [5, 5.41) is 10.7. The van der Waals surface area contributed by atoms with Crippen molar-refractivity contribution in [3.8, 4) is 0 Å². The number of nitrogens with zero attached hydrogens (tertiary/aromatic N) is 3. The molecule has 7 heteroatoms. The predicted molar refractivity (Wildman–Crippen MR) is 81.5 cm³/mol. The van der Waals surface area contributed by atoms with E-state index in [1.807, 2.05) is 6.92 Å². The largest absolute Gasteiger partial charge is 0.376 e. The van der Waals surface area contributed by atoms with Gasteiger partial charge in [0.15, 0.2) is 5.69 Å². The monoisotopic (exact) mass is 318 g/mol. The molecule has 0 unspecified atom stereocenters. The molecule has 0 spiro atoms. The van der Waals surface area contributed by atoms with E-state index in [4.69, 9.17) is 4.74 Å². The van der Waals surface area contributed by atoms with Gasteiger partial charge in [0.25, 0.3) is 5.91 Å². The van der Waals surface area contributed by atoms with Crippen molar-refractivity contribution in [1.29, 1.82) is 0 Å². The van der Waals surface area contributed by atoms with Gasteiger partial charge in [-0.2, -0.15) is 0 Å². The van der Waals surface area contributed by atoms with E-state index in [0.29, 0.717) is 6.54 Å². The number of ether oxygens (including phenoxy) is 1. The van der Waals surface area contributed by atoms with Gasteiger partial charge >= 0.3 is 0 Å². The molecule has 2 atom stereocenters. The summed E-state index contributed by atoms with van der Waals surface area (Å²) >= 11 is 0. The van der Waals surface area contributed by atoms with Gasteiger partial charge in [-0.3, -0.25) is 4.79 Å². The highest BCUT2D eigenvalue weighted by Gasteiger charge is 2.19. The number of aromatic nitrogens is 3. The summed E-state index contributed by atoms with van der Waals surface area (Å²) in [5.41, 5.74) is 1.15. The number of hydrogen-bond acceptors (Lipinski definition) is 4. The summed E-state index contributed by atoms with van der Waals surface area (Å²) in [5.74, 6) is -0.549. The van der Waals surface area contributed by atoms with Crippen LogP contribution < -0.4 is 5.32 Å². The van der Waals surface area contributed by atoms with E-state index in [9.17, 15) is 9.18 Å². The van der Waals surface area contributed by atoms with Crippen LogP contribution in [0.4, 0.5) is 4.39 Å². The molecule has 122 valence electrons. The first-order chi connectivity index (χ1) is 11.1. The normalized spacial score (nSPS) is 18.8. The lowest BCUT2D eigenvalue weighted by molar-refractivity contribution is 0.0853. The minimum Gasteiger partial charge on any atom is -0.376 e. The summed E-state index contributed by atoms with van der Waals surface area (Å²) in [6.45, 7) is 3.15. The third kappa shape index (κ3) is 3.73. The number of carbonyl (C=O) groups excluding carboxylic acids is 1. The van der Waals surface area contributed by atoms with E-state index >= 15 is 0 Å². The molecule has 1 aliphatic heterocycles. The molecule has 0 aliphatic carbocycles. The Morgan fingerprint density at radius 3 is 2.96 bits per heavy atom. The van der Waals surface area contributed by atoms with Crippen LogP contribution in [0.2, 0.25) is 0 Å². The number of amides is 1. The molecule has 1 saturated heterocycles. The SMILES string of the molecule is C[C@H](c1ccc(F)cc1)n1cc(C(=O)NC[C@H]2CCCO2)nn1. The van der Waals surface area contributed by atoms with Crippen LogP contribution in [0.1, 0.15) is 41.9 Å². The fraction of sp³-hybridized carbons (Fsp3) is 0.438. The van der Waals surface area contributed by atoms with Gasteiger partial charge in [-0.1, -0.05) is 17.3 Å². The number of nitrogens with one attached hydrogen (secondary N) is 1. The van der Waals surface area contributed by atoms with Crippen LogP contribution in [0.25, 0.3) is 0 Å². The second kappa shape index (κ2) is 6.87. The fourth-order valence-electron chi connectivity index (χ4n) is 2.57. The standard InChI is InChI=1S/C16H19FN4O2/c1-11(12-4-6-13(17)7-5-12)21-10-15(19-20-21)16(22)18-9-14-3-2-8-23-14/h4-7,10-11,14H,2-3,8-9H2,1H3,(H,18,22)/t11-,14-/m1/s1. The van der Waals surface area contributed by atoms with E-state index in [0.717, 1.165) is 25.0 Å². The van der Waals surface area contributed by atoms with Crippen molar-refractivity contribution < 1.29 is 13.9 Å². The lowest BCUT2D eigenvalue weighted by Crippen LogP contribution is -2.32. The minimum atomic E-state index is -0.284. The maximum absolute atomic E-state index is 13.0. The van der Waals surface area contributed by atoms with Crippen LogP contribution in [0.15, 0.2) is 30.5 Å². The number of halogens is 1. The molecule has 2 heterocycles. The highest BCUT2D eigenvalue weighted by atomic mass is 19.1. The summed E-state index contributed by atoms with van der Waals surface area (Å²) in [4.78, 5) is 12.1. The molecule has 1 N–H and O–H groups in total. The summed E-state index contributed by atoms with van der Waals surface area (Å²) < 4.78 is 20.0. The molecule has 1 amide bonds. The third-order valence-corrected chi connectivity index (χ3v) is 4.01. The van der Waals surface area contributed by atoms with E-state index in [-0.39, 0.29) is 29.6 Å². The van der Waals surface area contributed by atoms with Crippen LogP contribution in [0.5, 0.6) is 0 Å². The topological polar surface area (TPSA) is 69.0 Å². The van der Waals surface area contributed by atoms with Crippen LogP contribution in [-0.4, -0.2) is 40.2 Å². The van der Waals surface area contributed by atoms with Gasteiger partial charge in [-0.25, -0.2) is 9.07 Å². The van der Waals surface area contributed by atoms with Crippen molar-refractivity contribution in [1.82, 2.24) is 20.3 Å². The van der Waals surface area contributed by atoms with Gasteiger partial charge < -0.3 is 10.1 Å². The van der Waals surface area contributed by atoms with Crippen molar-refractivity contribution in [2.24, 2.45) is 0 Å². The predicted octanol–water partition coefficient (Wildman–Crippen LogP) is 1.94. The van der Waals surface area contributed by atoms with Gasteiger partial charge in [0.05, 0.1) is 18.3 Å². The third-order valence-electron chi connectivity index (χ3n) is 4.01. The number of hydrogen-bond donors (Lipinski definition) is 1. The molecule has 23 heavy (non-hydrogen) atoms. The van der Waals surface area contributed by atoms with E-state index in [1.54, 1.807) is 23.0 Å². The Bertz CT molecular complexity index is 665. The Morgan fingerprint density at radius 2 is 2.26 bits per heavy atom. The Labute approximate surface area is 133 Å². The lowest BCUT2D eigenvalue weighted by Gasteiger charge is -2.11. The Hall–Kier alpha value is -2.28. The van der Waals surface area contributed by atoms with Crippen molar-refractivity contribution in [3.63, 3.8) is 0 Å². The van der Waals surface area contributed by atoms with Crippen LogP contribution in [-0.2, 0) is 4.74 Å². The zero-order chi connectivity index (χ0) is 16.2. The Morgan fingerprint density at radius 1 is 1.48 bits per heavy atom. The molecule has 0 bridgehead atoms. The summed E-state index contributed by atoms with van der Waals surface area (Å²) in [6, 6.07) is 6.05. The highest BCUT2D eigenvalue weighted by molar-refractivity contribution is 5.91. The molecule has 2 aromatic rings. The quantitative estimate of drug-likeness (QED) is 0.914. The Kier molecular flexibility index (Phi) is 4.66. The van der Waals surface area contributed by atoms with Crippen molar-refractivity contribution in [3.05, 3.63) is 47.5 Å². The molecule has 3 rings (SSSR count). The number of rotatable bonds is 5. The molecular weight excluding hydrogens is 299 g/mol. The Balaban J connectivity index is 1.62. The van der Waals surface area contributed by atoms with Crippen molar-refractivity contribution in [2.45, 2.75) is 31.9 Å². The van der Waals surface area contributed by atoms with Crippen LogP contribution >= 0.6 is 0 Å². The van der Waals surface area contributed by atoms with Gasteiger partial charge in [0, 0.05) is 13.2 Å². The first-order valence-electron chi connectivity index (χ1n) is 7.70. The molecule has 6 nitrogen and oxygen atoms in total. The smallest absolute Gasteiger partial charge is 0.273 e. The molecule has 1 aromatic heterocycles. The zero-order valence-electron chi connectivity index (χ0n) is 12.9. The minimum absolute atomic E-state index is 0.0899. The first kappa shape index (κ1) is 15.6. The number of carbonyl (C=O) groups is 1. The lowest BCUT2D eigenvalue weighted by atomic mass is 10.1. The fourth-order valence-corrected chi connectivity index (χ4v) is 2.57. The van der Waals surface area contributed by atoms with E-state index in [2.05, 4.69) is 15.6 Å². The van der Waals surface area contributed by atoms with Crippen molar-refractivity contribution >= 4 is 5.91 Å². The van der Waals surface area contributed by atoms with Gasteiger partial charge in [-0.15, -0.1) is 5.10 Å². The highest BCUT2D eigenvalue weighted by Crippen LogP contribution is 2.17. The second-order valence-electron chi connectivity index (χ2n) is 5.66. The summed E-state index contributed by atoms with van der Waals surface area (Å²) in [6.07, 6.45) is 3.69. The van der Waals surface area contributed by atoms with Gasteiger partial charge in [0.2, 0.25) is 0 Å². The van der Waals surface area contributed by atoms with Gasteiger partial charge in [0.1, 0.15) is 5.82 Å². The first-order valence-corrected chi connectivity index (χ1v) is 7.70. The van der Waals surface area contributed by atoms with Crippen LogP contribution in [0, 0.1) is 5.82 Å². The second-order valence-corrected chi connectivity index (χ2v) is 5.66. The van der Waals surface area contributed by atoms with Crippen molar-refractivity contribution in [2.75, 3.05) is 13.2 Å². The summed E-state index contributed by atoms with van der Waals surface area (Å²) in [7, 11) is 0. The average molecular weight is 318 g/mol. The maximum Gasteiger partial charge on any atom is 0.273 e. The average Bonchev–Trinajstić information content (AvgIpc) is 3.24. The molecule has 1 fully saturated rings. The zero-order valence-corrected chi connectivity index (χ0v) is 12.9. The van der Waals surface area contributed by atoms with E-state index < -0.39 is 0 Å². The maximum atomic E-state index is 13.0. The van der Waals surface area contributed by atoms with E-state index in [1.165, 1.54) is 12.1 Å². The molecule has 1 aliphatic rings. The molecule has 0 saturated carbocycles. The molecule has 0 radical (unpaired) electrons. The van der Waals surface area contributed by atoms with Gasteiger partial charge in [-0.05, 0) is 37.5 Å². The van der Waals surface area contributed by atoms with Crippen LogP contribution in [0.3, 0.4) is 0 Å².